The zero-order chi connectivity index (χ0) is 10.3. The van der Waals surface area contributed by atoms with E-state index in [-0.39, 0.29) is 5.69 Å². The van der Waals surface area contributed by atoms with E-state index in [1.54, 1.807) is 0 Å². The molecule has 14 heavy (non-hydrogen) atoms. The fraction of sp³-hybridized carbons (Fsp3) is 0.222. The van der Waals surface area contributed by atoms with Crippen molar-refractivity contribution in [1.82, 2.24) is 14.4 Å². The summed E-state index contributed by atoms with van der Waals surface area (Å²) in [6.45, 7) is 3.68. The maximum atomic E-state index is 10.8. The topological polar surface area (TPSA) is 67.5 Å². The largest absolute Gasteiger partial charge is 0.477 e. The highest BCUT2D eigenvalue weighted by molar-refractivity contribution is 5.86. The number of nitrogens with zero attached hydrogens (tertiary/aromatic N) is 3. The molecule has 0 aliphatic rings. The van der Waals surface area contributed by atoms with E-state index in [0.29, 0.717) is 5.78 Å². The molecule has 0 bridgehead atoms. The first kappa shape index (κ1) is 8.68. The van der Waals surface area contributed by atoms with Crippen LogP contribution in [0.2, 0.25) is 0 Å². The van der Waals surface area contributed by atoms with Gasteiger partial charge in [0.1, 0.15) is 0 Å². The van der Waals surface area contributed by atoms with Crippen LogP contribution in [-0.2, 0) is 0 Å². The summed E-state index contributed by atoms with van der Waals surface area (Å²) in [5.41, 5.74) is 1.80. The Labute approximate surface area is 80.0 Å². The molecular formula is C9H9N3O2. The number of hydrogen-bond acceptors (Lipinski definition) is 3. The van der Waals surface area contributed by atoms with Crippen LogP contribution in [0.3, 0.4) is 0 Å². The van der Waals surface area contributed by atoms with Gasteiger partial charge in [0.25, 0.3) is 0 Å². The number of rotatable bonds is 1. The van der Waals surface area contributed by atoms with E-state index in [9.17, 15) is 4.79 Å². The van der Waals surface area contributed by atoms with E-state index in [1.165, 1.54) is 10.6 Å². The molecule has 1 N–H and O–H groups in total. The van der Waals surface area contributed by atoms with Gasteiger partial charge < -0.3 is 5.11 Å². The minimum absolute atomic E-state index is 0.144. The number of hydrogen-bond donors (Lipinski definition) is 1. The quantitative estimate of drug-likeness (QED) is 0.731. The van der Waals surface area contributed by atoms with E-state index in [1.807, 2.05) is 19.9 Å². The lowest BCUT2D eigenvalue weighted by molar-refractivity contribution is 0.0689. The van der Waals surface area contributed by atoms with E-state index in [4.69, 9.17) is 5.11 Å². The molecule has 0 fully saturated rings. The third-order valence-electron chi connectivity index (χ3n) is 2.01. The Kier molecular flexibility index (Phi) is 1.73. The molecule has 5 heteroatoms. The first-order chi connectivity index (χ1) is 6.59. The van der Waals surface area contributed by atoms with Crippen LogP contribution in [0, 0.1) is 13.8 Å². The molecule has 5 nitrogen and oxygen atoms in total. The van der Waals surface area contributed by atoms with Gasteiger partial charge in [0.2, 0.25) is 5.78 Å². The molecular weight excluding hydrogens is 182 g/mol. The Balaban J connectivity index is 2.85. The van der Waals surface area contributed by atoms with Crippen molar-refractivity contribution in [2.45, 2.75) is 13.8 Å². The van der Waals surface area contributed by atoms with E-state index in [2.05, 4.69) is 9.97 Å². The Morgan fingerprint density at radius 2 is 2.21 bits per heavy atom. The molecule has 2 rings (SSSR count). The van der Waals surface area contributed by atoms with Gasteiger partial charge in [-0.15, -0.1) is 0 Å². The van der Waals surface area contributed by atoms with Gasteiger partial charge in [0.05, 0.1) is 6.20 Å². The third kappa shape index (κ3) is 1.14. The molecule has 0 aliphatic heterocycles. The number of aryl methyl sites for hydroxylation is 2. The van der Waals surface area contributed by atoms with Crippen LogP contribution in [0.25, 0.3) is 5.78 Å². The Hall–Kier alpha value is -1.91. The monoisotopic (exact) mass is 191 g/mol. The normalized spacial score (nSPS) is 10.7. The second kappa shape index (κ2) is 2.80. The van der Waals surface area contributed by atoms with Crippen LogP contribution in [-0.4, -0.2) is 25.4 Å². The first-order valence-corrected chi connectivity index (χ1v) is 4.14. The highest BCUT2D eigenvalue weighted by atomic mass is 16.4. The summed E-state index contributed by atoms with van der Waals surface area (Å²) in [5, 5.41) is 8.88. The van der Waals surface area contributed by atoms with Crippen molar-refractivity contribution < 1.29 is 9.90 Å². The third-order valence-corrected chi connectivity index (χ3v) is 2.01. The first-order valence-electron chi connectivity index (χ1n) is 4.14. The molecule has 0 aromatic carbocycles. The van der Waals surface area contributed by atoms with Crippen LogP contribution in [0.1, 0.15) is 21.9 Å². The molecule has 72 valence electrons. The molecule has 0 radical (unpaired) electrons. The zero-order valence-corrected chi connectivity index (χ0v) is 7.85. The molecule has 2 heterocycles. The number of carbonyl (C=O) groups is 1. The zero-order valence-electron chi connectivity index (χ0n) is 7.85. The molecule has 0 atom stereocenters. The summed E-state index contributed by atoms with van der Waals surface area (Å²) >= 11 is 0. The lowest BCUT2D eigenvalue weighted by Crippen LogP contribution is -2.05. The number of aromatic carboxylic acids is 1. The Morgan fingerprint density at radius 3 is 2.86 bits per heavy atom. The van der Waals surface area contributed by atoms with Gasteiger partial charge in [-0.2, -0.15) is 0 Å². The number of aromatic nitrogens is 3. The Morgan fingerprint density at radius 1 is 1.50 bits per heavy atom. The van der Waals surface area contributed by atoms with Crippen LogP contribution >= 0.6 is 0 Å². The second-order valence-corrected chi connectivity index (χ2v) is 3.12. The van der Waals surface area contributed by atoms with Crippen LogP contribution in [0.4, 0.5) is 0 Å². The fourth-order valence-electron chi connectivity index (χ4n) is 1.48. The molecule has 0 saturated heterocycles. The van der Waals surface area contributed by atoms with Crippen molar-refractivity contribution >= 4 is 11.7 Å². The standard InChI is InChI=1S/C9H9N3O2/c1-5-3-6(2)12-7(8(13)14)4-10-9(12)11-5/h3-4H,1-2H3,(H,13,14). The molecule has 0 spiro atoms. The van der Waals surface area contributed by atoms with Crippen molar-refractivity contribution in [3.63, 3.8) is 0 Å². The van der Waals surface area contributed by atoms with Gasteiger partial charge >= 0.3 is 5.97 Å². The molecule has 2 aromatic rings. The van der Waals surface area contributed by atoms with Crippen molar-refractivity contribution in [1.29, 1.82) is 0 Å². The summed E-state index contributed by atoms with van der Waals surface area (Å²) < 4.78 is 1.52. The van der Waals surface area contributed by atoms with E-state index < -0.39 is 5.97 Å². The van der Waals surface area contributed by atoms with Crippen molar-refractivity contribution in [2.75, 3.05) is 0 Å². The average Bonchev–Trinajstić information content (AvgIpc) is 2.47. The smallest absolute Gasteiger partial charge is 0.354 e. The van der Waals surface area contributed by atoms with Gasteiger partial charge in [-0.3, -0.25) is 4.40 Å². The minimum Gasteiger partial charge on any atom is -0.477 e. The highest BCUT2D eigenvalue weighted by Crippen LogP contribution is 2.09. The Bertz CT molecular complexity index is 516. The van der Waals surface area contributed by atoms with Crippen molar-refractivity contribution in [3.8, 4) is 0 Å². The summed E-state index contributed by atoms with van der Waals surface area (Å²) in [4.78, 5) is 18.9. The number of carboxylic acid groups (broad SMARTS) is 1. The predicted molar refractivity (Wildman–Crippen MR) is 49.4 cm³/mol. The summed E-state index contributed by atoms with van der Waals surface area (Å²) in [7, 11) is 0. The number of carboxylic acids is 1. The second-order valence-electron chi connectivity index (χ2n) is 3.12. The summed E-state index contributed by atoms with van der Waals surface area (Å²) in [5.74, 6) is -0.564. The van der Waals surface area contributed by atoms with Crippen LogP contribution < -0.4 is 0 Å². The van der Waals surface area contributed by atoms with Crippen molar-refractivity contribution in [2.24, 2.45) is 0 Å². The van der Waals surface area contributed by atoms with Crippen LogP contribution in [0.5, 0.6) is 0 Å². The lowest BCUT2D eigenvalue weighted by Gasteiger charge is -2.02. The maximum absolute atomic E-state index is 10.8. The minimum atomic E-state index is -0.994. The SMILES string of the molecule is Cc1cc(C)n2c(C(=O)O)cnc2n1. The number of imidazole rings is 1. The van der Waals surface area contributed by atoms with Gasteiger partial charge in [-0.1, -0.05) is 0 Å². The van der Waals surface area contributed by atoms with Crippen LogP contribution in [0.15, 0.2) is 12.3 Å². The number of fused-ring (bicyclic) bond motifs is 1. The molecule has 0 aliphatic carbocycles. The van der Waals surface area contributed by atoms with Gasteiger partial charge in [-0.05, 0) is 19.9 Å². The highest BCUT2D eigenvalue weighted by Gasteiger charge is 2.12. The predicted octanol–water partition coefficient (Wildman–Crippen LogP) is 1.04. The summed E-state index contributed by atoms with van der Waals surface area (Å²) in [6, 6.07) is 1.82. The molecule has 0 saturated carbocycles. The van der Waals surface area contributed by atoms with Crippen molar-refractivity contribution in [3.05, 3.63) is 29.3 Å². The van der Waals surface area contributed by atoms with Gasteiger partial charge in [0, 0.05) is 11.4 Å². The molecule has 0 amide bonds. The lowest BCUT2D eigenvalue weighted by atomic mass is 10.3. The van der Waals surface area contributed by atoms with Gasteiger partial charge in [-0.25, -0.2) is 14.8 Å². The van der Waals surface area contributed by atoms with E-state index in [0.717, 1.165) is 11.4 Å². The average molecular weight is 191 g/mol. The molecule has 0 unspecified atom stereocenters. The molecule has 2 aromatic heterocycles. The fourth-order valence-corrected chi connectivity index (χ4v) is 1.48. The van der Waals surface area contributed by atoms with Gasteiger partial charge in [0.15, 0.2) is 5.69 Å². The summed E-state index contributed by atoms with van der Waals surface area (Å²) in [6.07, 6.45) is 1.32. The maximum Gasteiger partial charge on any atom is 0.354 e. The van der Waals surface area contributed by atoms with E-state index >= 15 is 0 Å².